The van der Waals surface area contributed by atoms with Gasteiger partial charge in [-0.05, 0) is 43.6 Å². The maximum atomic E-state index is 10.4. The Labute approximate surface area is 90.1 Å². The Hall–Kier alpha value is -1.35. The summed E-state index contributed by atoms with van der Waals surface area (Å²) in [6.45, 7) is 4.54. The molecule has 0 bridgehead atoms. The number of benzene rings is 1. The Morgan fingerprint density at radius 2 is 1.80 bits per heavy atom. The van der Waals surface area contributed by atoms with E-state index in [9.17, 15) is 4.79 Å². The molecule has 0 aromatic heterocycles. The molecule has 1 aliphatic heterocycles. The van der Waals surface area contributed by atoms with Crippen LogP contribution in [-0.2, 0) is 6.42 Å². The SMILES string of the molecule is C1CNC1.CCc1ccc(C(=O)O)cc1. The highest BCUT2D eigenvalue weighted by molar-refractivity contribution is 5.87. The third kappa shape index (κ3) is 4.13. The number of hydrogen-bond acceptors (Lipinski definition) is 2. The van der Waals surface area contributed by atoms with Gasteiger partial charge in [-0.2, -0.15) is 0 Å². The Bertz CT molecular complexity index is 298. The van der Waals surface area contributed by atoms with Crippen molar-refractivity contribution in [2.75, 3.05) is 13.1 Å². The highest BCUT2D eigenvalue weighted by Crippen LogP contribution is 2.04. The number of aryl methyl sites for hydroxylation is 1. The lowest BCUT2D eigenvalue weighted by molar-refractivity contribution is 0.0697. The molecule has 0 unspecified atom stereocenters. The van der Waals surface area contributed by atoms with Gasteiger partial charge in [0.2, 0.25) is 0 Å². The van der Waals surface area contributed by atoms with Crippen LogP contribution in [0.2, 0.25) is 0 Å². The van der Waals surface area contributed by atoms with Crippen LogP contribution in [0.5, 0.6) is 0 Å². The molecular formula is C12H17NO2. The summed E-state index contributed by atoms with van der Waals surface area (Å²) in [5.41, 5.74) is 1.51. The fourth-order valence-electron chi connectivity index (χ4n) is 1.06. The normalized spacial score (nSPS) is 13.4. The lowest BCUT2D eigenvalue weighted by atomic mass is 10.1. The number of rotatable bonds is 2. The number of aromatic carboxylic acids is 1. The molecule has 1 heterocycles. The largest absolute Gasteiger partial charge is 0.478 e. The fourth-order valence-corrected chi connectivity index (χ4v) is 1.06. The topological polar surface area (TPSA) is 49.3 Å². The van der Waals surface area contributed by atoms with Gasteiger partial charge in [-0.25, -0.2) is 4.79 Å². The van der Waals surface area contributed by atoms with E-state index in [4.69, 9.17) is 5.11 Å². The second kappa shape index (κ2) is 6.19. The standard InChI is InChI=1S/C9H10O2.C3H7N/c1-2-7-3-5-8(6-4-7)9(10)11;1-2-4-3-1/h3-6H,2H2,1H3,(H,10,11);4H,1-3H2. The summed E-state index contributed by atoms with van der Waals surface area (Å²) in [5.74, 6) is -0.868. The van der Waals surface area contributed by atoms with E-state index in [1.165, 1.54) is 19.5 Å². The second-order valence-corrected chi connectivity index (χ2v) is 3.46. The molecule has 0 atom stereocenters. The van der Waals surface area contributed by atoms with Crippen molar-refractivity contribution < 1.29 is 9.90 Å². The summed E-state index contributed by atoms with van der Waals surface area (Å²) in [4.78, 5) is 10.4. The zero-order valence-electron chi connectivity index (χ0n) is 8.99. The Morgan fingerprint density at radius 1 is 1.33 bits per heavy atom. The summed E-state index contributed by atoms with van der Waals surface area (Å²) in [5, 5.41) is 11.7. The van der Waals surface area contributed by atoms with Crippen molar-refractivity contribution in [1.29, 1.82) is 0 Å². The molecule has 1 aliphatic rings. The molecule has 0 radical (unpaired) electrons. The smallest absolute Gasteiger partial charge is 0.335 e. The van der Waals surface area contributed by atoms with Crippen LogP contribution in [0.4, 0.5) is 0 Å². The molecule has 2 N–H and O–H groups in total. The zero-order valence-corrected chi connectivity index (χ0v) is 8.99. The predicted octanol–water partition coefficient (Wildman–Crippen LogP) is 1.93. The fraction of sp³-hybridized carbons (Fsp3) is 0.417. The minimum Gasteiger partial charge on any atom is -0.478 e. The average Bonchev–Trinajstić information content (AvgIpc) is 2.15. The Morgan fingerprint density at radius 3 is 2.07 bits per heavy atom. The van der Waals surface area contributed by atoms with Gasteiger partial charge < -0.3 is 10.4 Å². The van der Waals surface area contributed by atoms with Crippen LogP contribution in [0.25, 0.3) is 0 Å². The van der Waals surface area contributed by atoms with Crippen molar-refractivity contribution in [3.8, 4) is 0 Å². The van der Waals surface area contributed by atoms with Crippen molar-refractivity contribution in [1.82, 2.24) is 5.32 Å². The third-order valence-corrected chi connectivity index (χ3v) is 2.32. The molecule has 82 valence electrons. The second-order valence-electron chi connectivity index (χ2n) is 3.46. The first-order valence-electron chi connectivity index (χ1n) is 5.27. The highest BCUT2D eigenvalue weighted by atomic mass is 16.4. The third-order valence-electron chi connectivity index (χ3n) is 2.32. The number of nitrogens with one attached hydrogen (secondary N) is 1. The summed E-state index contributed by atoms with van der Waals surface area (Å²) in [6, 6.07) is 6.93. The zero-order chi connectivity index (χ0) is 11.1. The van der Waals surface area contributed by atoms with E-state index in [1.54, 1.807) is 12.1 Å². The van der Waals surface area contributed by atoms with Crippen LogP contribution in [0.3, 0.4) is 0 Å². The van der Waals surface area contributed by atoms with Gasteiger partial charge in [0.15, 0.2) is 0 Å². The molecule has 1 fully saturated rings. The monoisotopic (exact) mass is 207 g/mol. The van der Waals surface area contributed by atoms with Crippen LogP contribution in [0.15, 0.2) is 24.3 Å². The molecule has 0 amide bonds. The van der Waals surface area contributed by atoms with Crippen molar-refractivity contribution in [3.63, 3.8) is 0 Å². The van der Waals surface area contributed by atoms with E-state index < -0.39 is 5.97 Å². The Kier molecular flexibility index (Phi) is 4.84. The van der Waals surface area contributed by atoms with Crippen LogP contribution in [-0.4, -0.2) is 24.2 Å². The molecular weight excluding hydrogens is 190 g/mol. The first-order valence-corrected chi connectivity index (χ1v) is 5.27. The van der Waals surface area contributed by atoms with E-state index in [-0.39, 0.29) is 0 Å². The van der Waals surface area contributed by atoms with E-state index >= 15 is 0 Å². The first-order chi connectivity index (χ1) is 7.24. The van der Waals surface area contributed by atoms with E-state index in [2.05, 4.69) is 5.32 Å². The highest BCUT2D eigenvalue weighted by Gasteiger charge is 1.99. The molecule has 1 aromatic rings. The van der Waals surface area contributed by atoms with Crippen molar-refractivity contribution in [3.05, 3.63) is 35.4 Å². The van der Waals surface area contributed by atoms with Crippen molar-refractivity contribution in [2.24, 2.45) is 0 Å². The number of hydrogen-bond donors (Lipinski definition) is 2. The molecule has 3 nitrogen and oxygen atoms in total. The van der Waals surface area contributed by atoms with E-state index in [0.717, 1.165) is 12.0 Å². The number of carboxylic acid groups (broad SMARTS) is 1. The minimum atomic E-state index is -0.868. The molecule has 3 heteroatoms. The molecule has 0 aliphatic carbocycles. The molecule has 0 spiro atoms. The summed E-state index contributed by atoms with van der Waals surface area (Å²) in [7, 11) is 0. The van der Waals surface area contributed by atoms with Crippen molar-refractivity contribution >= 4 is 5.97 Å². The maximum Gasteiger partial charge on any atom is 0.335 e. The predicted molar refractivity (Wildman–Crippen MR) is 60.3 cm³/mol. The number of carbonyl (C=O) groups is 1. The summed E-state index contributed by atoms with van der Waals surface area (Å²) in [6.07, 6.45) is 2.33. The minimum absolute atomic E-state index is 0.349. The van der Waals surface area contributed by atoms with Gasteiger partial charge in [0.05, 0.1) is 5.56 Å². The maximum absolute atomic E-state index is 10.4. The summed E-state index contributed by atoms with van der Waals surface area (Å²) < 4.78 is 0. The van der Waals surface area contributed by atoms with E-state index in [0.29, 0.717) is 5.56 Å². The lowest BCUT2D eigenvalue weighted by Gasteiger charge is -2.09. The Balaban J connectivity index is 0.000000234. The lowest BCUT2D eigenvalue weighted by Crippen LogP contribution is -2.29. The van der Waals surface area contributed by atoms with Gasteiger partial charge in [0, 0.05) is 0 Å². The average molecular weight is 207 g/mol. The summed E-state index contributed by atoms with van der Waals surface area (Å²) >= 11 is 0. The van der Waals surface area contributed by atoms with Crippen LogP contribution in [0, 0.1) is 0 Å². The molecule has 1 saturated heterocycles. The van der Waals surface area contributed by atoms with Crippen molar-refractivity contribution in [2.45, 2.75) is 19.8 Å². The van der Waals surface area contributed by atoms with Gasteiger partial charge in [-0.1, -0.05) is 19.1 Å². The van der Waals surface area contributed by atoms with Crippen LogP contribution < -0.4 is 5.32 Å². The van der Waals surface area contributed by atoms with Gasteiger partial charge >= 0.3 is 5.97 Å². The van der Waals surface area contributed by atoms with Gasteiger partial charge in [-0.3, -0.25) is 0 Å². The molecule has 1 aromatic carbocycles. The number of carboxylic acids is 1. The van der Waals surface area contributed by atoms with Gasteiger partial charge in [-0.15, -0.1) is 0 Å². The van der Waals surface area contributed by atoms with Gasteiger partial charge in [0.1, 0.15) is 0 Å². The quantitative estimate of drug-likeness (QED) is 0.779. The molecule has 15 heavy (non-hydrogen) atoms. The first kappa shape index (κ1) is 11.7. The molecule has 2 rings (SSSR count). The van der Waals surface area contributed by atoms with Gasteiger partial charge in [0.25, 0.3) is 0 Å². The van der Waals surface area contributed by atoms with E-state index in [1.807, 2.05) is 19.1 Å². The van der Waals surface area contributed by atoms with Crippen LogP contribution in [0.1, 0.15) is 29.3 Å². The van der Waals surface area contributed by atoms with Crippen LogP contribution >= 0.6 is 0 Å². The molecule has 0 saturated carbocycles.